The average molecular weight is 350 g/mol. The van der Waals surface area contributed by atoms with Gasteiger partial charge in [-0.1, -0.05) is 0 Å². The summed E-state index contributed by atoms with van der Waals surface area (Å²) >= 11 is -0.194. The summed E-state index contributed by atoms with van der Waals surface area (Å²) < 4.78 is 41.9. The number of carbonyl (C=O) groups is 1. The van der Waals surface area contributed by atoms with Crippen LogP contribution < -0.4 is 0 Å². The number of alkyl halides is 3. The Kier molecular flexibility index (Phi) is 7.87. The molecular weight excluding hydrogens is 329 g/mol. The Hall–Kier alpha value is -1.25. The van der Waals surface area contributed by atoms with Gasteiger partial charge in [0.25, 0.3) is 5.91 Å². The van der Waals surface area contributed by atoms with Crippen molar-refractivity contribution >= 4 is 17.7 Å². The molecule has 1 amide bonds. The van der Waals surface area contributed by atoms with Gasteiger partial charge in [-0.3, -0.25) is 4.79 Å². The zero-order valence-corrected chi connectivity index (χ0v) is 14.2. The summed E-state index contributed by atoms with van der Waals surface area (Å²) in [5.74, 6) is -0.215. The van der Waals surface area contributed by atoms with Gasteiger partial charge in [0.05, 0.1) is 6.61 Å². The molecule has 0 saturated carbocycles. The van der Waals surface area contributed by atoms with E-state index in [9.17, 15) is 18.0 Å². The Morgan fingerprint density at radius 1 is 1.13 bits per heavy atom. The number of thioether (sulfide) groups is 1. The lowest BCUT2D eigenvalue weighted by Crippen LogP contribution is -2.38. The first-order valence-corrected chi connectivity index (χ1v) is 7.83. The van der Waals surface area contributed by atoms with Gasteiger partial charge in [0, 0.05) is 37.2 Å². The third-order valence-corrected chi connectivity index (χ3v) is 3.74. The minimum absolute atomic E-state index is 0.0609. The number of methoxy groups -OCH3 is 1. The van der Waals surface area contributed by atoms with Crippen LogP contribution in [0.4, 0.5) is 13.2 Å². The van der Waals surface area contributed by atoms with Crippen molar-refractivity contribution in [3.63, 3.8) is 0 Å². The molecule has 0 aliphatic rings. The maximum atomic E-state index is 12.5. The fourth-order valence-electron chi connectivity index (χ4n) is 1.82. The molecule has 0 bridgehead atoms. The van der Waals surface area contributed by atoms with Crippen molar-refractivity contribution in [1.82, 2.24) is 9.80 Å². The number of rotatable bonds is 8. The lowest BCUT2D eigenvalue weighted by Gasteiger charge is -2.24. The number of nitrogens with zero attached hydrogens (tertiary/aromatic N) is 2. The maximum Gasteiger partial charge on any atom is 0.446 e. The molecule has 0 heterocycles. The van der Waals surface area contributed by atoms with Gasteiger partial charge in [0.2, 0.25) is 0 Å². The molecule has 0 aliphatic heterocycles. The summed E-state index contributed by atoms with van der Waals surface area (Å²) in [4.78, 5) is 16.1. The summed E-state index contributed by atoms with van der Waals surface area (Å²) in [6, 6.07) is 5.47. The molecular formula is C15H21F3N2O2S. The van der Waals surface area contributed by atoms with Crippen LogP contribution in [0.5, 0.6) is 0 Å². The second-order valence-electron chi connectivity index (χ2n) is 5.16. The fourth-order valence-corrected chi connectivity index (χ4v) is 2.36. The molecule has 0 aromatic heterocycles. The molecule has 23 heavy (non-hydrogen) atoms. The minimum atomic E-state index is -4.33. The molecule has 0 N–H and O–H groups in total. The molecule has 1 aromatic carbocycles. The quantitative estimate of drug-likeness (QED) is 0.675. The van der Waals surface area contributed by atoms with Crippen molar-refractivity contribution in [3.05, 3.63) is 29.8 Å². The maximum absolute atomic E-state index is 12.5. The first-order valence-electron chi connectivity index (χ1n) is 7.01. The molecule has 4 nitrogen and oxygen atoms in total. The van der Waals surface area contributed by atoms with Crippen LogP contribution in [0.1, 0.15) is 10.4 Å². The van der Waals surface area contributed by atoms with Gasteiger partial charge in [0.1, 0.15) is 0 Å². The summed E-state index contributed by atoms with van der Waals surface area (Å²) in [5, 5.41) is 0. The van der Waals surface area contributed by atoms with Crippen LogP contribution in [0.15, 0.2) is 29.2 Å². The summed E-state index contributed by atoms with van der Waals surface area (Å²) in [6.07, 6.45) is 0. The molecule has 0 fully saturated rings. The van der Waals surface area contributed by atoms with Crippen LogP contribution in [0, 0.1) is 0 Å². The first kappa shape index (κ1) is 19.8. The van der Waals surface area contributed by atoms with Crippen molar-refractivity contribution in [3.8, 4) is 0 Å². The molecule has 0 spiro atoms. The van der Waals surface area contributed by atoms with Crippen LogP contribution in [0.3, 0.4) is 0 Å². The molecule has 0 unspecified atom stereocenters. The Bertz CT molecular complexity index is 492. The van der Waals surface area contributed by atoms with E-state index in [1.807, 2.05) is 19.0 Å². The normalized spacial score (nSPS) is 11.8. The molecule has 0 saturated heterocycles. The summed E-state index contributed by atoms with van der Waals surface area (Å²) in [7, 11) is 5.36. The van der Waals surface area contributed by atoms with E-state index in [4.69, 9.17) is 4.74 Å². The SMILES string of the molecule is COCCN(CCN(C)C)C(=O)c1ccc(SC(F)(F)F)cc1. The molecule has 1 rings (SSSR count). The van der Waals surface area contributed by atoms with Gasteiger partial charge < -0.3 is 14.5 Å². The van der Waals surface area contributed by atoms with Crippen LogP contribution in [0.2, 0.25) is 0 Å². The smallest absolute Gasteiger partial charge is 0.383 e. The minimum Gasteiger partial charge on any atom is -0.383 e. The monoisotopic (exact) mass is 350 g/mol. The second kappa shape index (κ2) is 9.14. The highest BCUT2D eigenvalue weighted by atomic mass is 32.2. The molecule has 1 aromatic rings. The Morgan fingerprint density at radius 3 is 2.22 bits per heavy atom. The van der Waals surface area contributed by atoms with Gasteiger partial charge in [-0.05, 0) is 50.1 Å². The largest absolute Gasteiger partial charge is 0.446 e. The lowest BCUT2D eigenvalue weighted by molar-refractivity contribution is -0.0328. The number of amides is 1. The van der Waals surface area contributed by atoms with Crippen LogP contribution >= 0.6 is 11.8 Å². The van der Waals surface area contributed by atoms with Gasteiger partial charge in [-0.25, -0.2) is 0 Å². The standard InChI is InChI=1S/C15H21F3N2O2S/c1-19(2)8-9-20(10-11-22-3)14(21)12-4-6-13(7-5-12)23-15(16,17)18/h4-7H,8-11H2,1-3H3. The molecule has 130 valence electrons. The molecule has 0 aliphatic carbocycles. The van der Waals surface area contributed by atoms with Crippen molar-refractivity contribution in [2.24, 2.45) is 0 Å². The number of halogens is 3. The number of carbonyl (C=O) groups excluding carboxylic acids is 1. The van der Waals surface area contributed by atoms with E-state index in [0.29, 0.717) is 31.8 Å². The molecule has 8 heteroatoms. The van der Waals surface area contributed by atoms with E-state index in [1.165, 1.54) is 24.3 Å². The number of benzene rings is 1. The van der Waals surface area contributed by atoms with E-state index in [0.717, 1.165) is 0 Å². The zero-order chi connectivity index (χ0) is 17.5. The van der Waals surface area contributed by atoms with E-state index < -0.39 is 5.51 Å². The van der Waals surface area contributed by atoms with Gasteiger partial charge in [0.15, 0.2) is 0 Å². The van der Waals surface area contributed by atoms with E-state index in [-0.39, 0.29) is 22.6 Å². The fraction of sp³-hybridized carbons (Fsp3) is 0.533. The van der Waals surface area contributed by atoms with E-state index in [1.54, 1.807) is 12.0 Å². The summed E-state index contributed by atoms with van der Waals surface area (Å²) in [6.45, 7) is 2.05. The third-order valence-electron chi connectivity index (χ3n) is 3.00. The van der Waals surface area contributed by atoms with Crippen LogP contribution in [-0.4, -0.2) is 68.7 Å². The van der Waals surface area contributed by atoms with Crippen molar-refractivity contribution in [2.75, 3.05) is 47.4 Å². The lowest BCUT2D eigenvalue weighted by atomic mass is 10.2. The first-order chi connectivity index (χ1) is 10.7. The van der Waals surface area contributed by atoms with Gasteiger partial charge >= 0.3 is 5.51 Å². The highest BCUT2D eigenvalue weighted by Gasteiger charge is 2.29. The zero-order valence-electron chi connectivity index (χ0n) is 13.4. The summed E-state index contributed by atoms with van der Waals surface area (Å²) in [5.41, 5.74) is -3.96. The highest BCUT2D eigenvalue weighted by molar-refractivity contribution is 8.00. The number of likely N-dealkylation sites (N-methyl/N-ethyl adjacent to an activating group) is 1. The van der Waals surface area contributed by atoms with Crippen molar-refractivity contribution in [1.29, 1.82) is 0 Å². The molecule has 0 radical (unpaired) electrons. The second-order valence-corrected chi connectivity index (χ2v) is 6.30. The van der Waals surface area contributed by atoms with Gasteiger partial charge in [-0.2, -0.15) is 13.2 Å². The van der Waals surface area contributed by atoms with Crippen LogP contribution in [-0.2, 0) is 4.74 Å². The van der Waals surface area contributed by atoms with Crippen molar-refractivity contribution in [2.45, 2.75) is 10.4 Å². The molecule has 0 atom stereocenters. The van der Waals surface area contributed by atoms with Crippen molar-refractivity contribution < 1.29 is 22.7 Å². The average Bonchev–Trinajstić information content (AvgIpc) is 2.45. The number of hydrogen-bond acceptors (Lipinski definition) is 4. The predicted octanol–water partition coefficient (Wildman–Crippen LogP) is 2.95. The highest BCUT2D eigenvalue weighted by Crippen LogP contribution is 2.36. The van der Waals surface area contributed by atoms with E-state index >= 15 is 0 Å². The Labute approximate surface area is 138 Å². The topological polar surface area (TPSA) is 32.8 Å². The van der Waals surface area contributed by atoms with Crippen LogP contribution in [0.25, 0.3) is 0 Å². The third kappa shape index (κ3) is 7.71. The van der Waals surface area contributed by atoms with E-state index in [2.05, 4.69) is 0 Å². The number of ether oxygens (including phenoxy) is 1. The number of hydrogen-bond donors (Lipinski definition) is 0. The predicted molar refractivity (Wildman–Crippen MR) is 84.7 cm³/mol. The van der Waals surface area contributed by atoms with Gasteiger partial charge in [-0.15, -0.1) is 0 Å². The Morgan fingerprint density at radius 2 is 1.74 bits per heavy atom. The Balaban J connectivity index is 2.77.